The van der Waals surface area contributed by atoms with Gasteiger partial charge in [-0.25, -0.2) is 9.78 Å². The number of benzene rings is 2. The van der Waals surface area contributed by atoms with Gasteiger partial charge in [-0.15, -0.1) is 0 Å². The number of hydrogen-bond acceptors (Lipinski definition) is 6. The zero-order valence-corrected chi connectivity index (χ0v) is 18.4. The summed E-state index contributed by atoms with van der Waals surface area (Å²) < 4.78 is 10.9. The van der Waals surface area contributed by atoms with Crippen molar-refractivity contribution in [2.75, 3.05) is 19.8 Å². The smallest absolute Gasteiger partial charge is 0.338 e. The Labute approximate surface area is 188 Å². The van der Waals surface area contributed by atoms with E-state index in [0.717, 1.165) is 34.0 Å². The number of hydrogen-bond donors (Lipinski definition) is 2. The van der Waals surface area contributed by atoms with Crippen LogP contribution in [0.4, 0.5) is 0 Å². The SMILES string of the molecule is CCCCN.O=C(OCCCOCc1ccccc1)c1ccc2c(c1)ncc1nc[nH]c12. The van der Waals surface area contributed by atoms with Crippen molar-refractivity contribution in [3.05, 3.63) is 72.2 Å². The molecule has 4 aromatic rings. The fourth-order valence-electron chi connectivity index (χ4n) is 3.10. The van der Waals surface area contributed by atoms with Crippen LogP contribution in [0.1, 0.15) is 42.1 Å². The minimum Gasteiger partial charge on any atom is -0.462 e. The average molecular weight is 435 g/mol. The van der Waals surface area contributed by atoms with Crippen LogP contribution < -0.4 is 5.73 Å². The first kappa shape index (κ1) is 23.4. The number of nitrogens with zero attached hydrogens (tertiary/aromatic N) is 2. The molecule has 0 saturated carbocycles. The molecule has 0 aliphatic rings. The molecule has 0 spiro atoms. The maximum Gasteiger partial charge on any atom is 0.338 e. The summed E-state index contributed by atoms with van der Waals surface area (Å²) in [6, 6.07) is 15.3. The Kier molecular flexibility index (Phi) is 9.16. The summed E-state index contributed by atoms with van der Waals surface area (Å²) in [5.41, 5.74) is 9.19. The molecule has 2 aromatic carbocycles. The number of esters is 1. The minimum absolute atomic E-state index is 0.318. The highest BCUT2D eigenvalue weighted by Crippen LogP contribution is 2.21. The lowest BCUT2D eigenvalue weighted by molar-refractivity contribution is 0.0434. The molecule has 0 radical (unpaired) electrons. The van der Waals surface area contributed by atoms with E-state index in [1.807, 2.05) is 36.4 Å². The molecule has 0 bridgehead atoms. The molecule has 0 aliphatic heterocycles. The van der Waals surface area contributed by atoms with Gasteiger partial charge in [-0.1, -0.05) is 43.7 Å². The highest BCUT2D eigenvalue weighted by Gasteiger charge is 2.10. The van der Waals surface area contributed by atoms with Crippen LogP contribution in [-0.4, -0.2) is 40.7 Å². The van der Waals surface area contributed by atoms with E-state index in [2.05, 4.69) is 21.9 Å². The van der Waals surface area contributed by atoms with Gasteiger partial charge in [0.05, 0.1) is 48.9 Å². The van der Waals surface area contributed by atoms with Crippen LogP contribution in [0.25, 0.3) is 21.9 Å². The Balaban J connectivity index is 0.000000523. The van der Waals surface area contributed by atoms with E-state index in [1.165, 1.54) is 12.8 Å². The highest BCUT2D eigenvalue weighted by atomic mass is 16.5. The van der Waals surface area contributed by atoms with E-state index in [1.54, 1.807) is 24.7 Å². The van der Waals surface area contributed by atoms with Crippen molar-refractivity contribution in [2.24, 2.45) is 5.73 Å². The van der Waals surface area contributed by atoms with Crippen molar-refractivity contribution in [3.8, 4) is 0 Å². The summed E-state index contributed by atoms with van der Waals surface area (Å²) in [4.78, 5) is 23.9. The molecular weight excluding hydrogens is 404 g/mol. The molecule has 32 heavy (non-hydrogen) atoms. The van der Waals surface area contributed by atoms with Crippen LogP contribution in [0, 0.1) is 0 Å². The maximum absolute atomic E-state index is 12.2. The zero-order chi connectivity index (χ0) is 22.6. The van der Waals surface area contributed by atoms with E-state index < -0.39 is 0 Å². The van der Waals surface area contributed by atoms with Gasteiger partial charge in [-0.05, 0) is 36.7 Å². The van der Waals surface area contributed by atoms with Crippen LogP contribution in [-0.2, 0) is 16.1 Å². The second kappa shape index (κ2) is 12.5. The van der Waals surface area contributed by atoms with Gasteiger partial charge in [0.15, 0.2) is 0 Å². The largest absolute Gasteiger partial charge is 0.462 e. The molecule has 4 rings (SSSR count). The number of ether oxygens (including phenoxy) is 2. The van der Waals surface area contributed by atoms with Crippen molar-refractivity contribution in [2.45, 2.75) is 32.8 Å². The molecule has 0 atom stereocenters. The monoisotopic (exact) mass is 434 g/mol. The van der Waals surface area contributed by atoms with E-state index >= 15 is 0 Å². The van der Waals surface area contributed by atoms with Gasteiger partial charge < -0.3 is 20.2 Å². The van der Waals surface area contributed by atoms with Crippen molar-refractivity contribution < 1.29 is 14.3 Å². The number of nitrogens with one attached hydrogen (secondary N) is 1. The molecule has 2 aromatic heterocycles. The zero-order valence-electron chi connectivity index (χ0n) is 18.4. The highest BCUT2D eigenvalue weighted by molar-refractivity contribution is 6.04. The topological polar surface area (TPSA) is 103 Å². The first-order chi connectivity index (χ1) is 15.7. The van der Waals surface area contributed by atoms with Gasteiger partial charge in [-0.3, -0.25) is 4.98 Å². The third-order valence-electron chi connectivity index (χ3n) is 4.83. The van der Waals surface area contributed by atoms with Crippen LogP contribution in [0.15, 0.2) is 61.1 Å². The van der Waals surface area contributed by atoms with Gasteiger partial charge >= 0.3 is 5.97 Å². The van der Waals surface area contributed by atoms with Gasteiger partial charge in [0, 0.05) is 11.8 Å². The van der Waals surface area contributed by atoms with E-state index in [4.69, 9.17) is 15.2 Å². The standard InChI is InChI=1S/C21H19N3O3.C4H11N/c25-21(27-10-4-9-26-13-15-5-2-1-3-6-15)16-7-8-17-18(11-16)22-12-19-20(17)24-14-23-19;1-2-3-4-5/h1-3,5-8,11-12,14H,4,9-10,13H2,(H,23,24);2-5H2,1H3. The van der Waals surface area contributed by atoms with Crippen molar-refractivity contribution in [1.29, 1.82) is 0 Å². The summed E-state index contributed by atoms with van der Waals surface area (Å²) in [5, 5.41) is 0.927. The molecule has 7 heteroatoms. The average Bonchev–Trinajstić information content (AvgIpc) is 3.32. The number of aromatic amines is 1. The normalized spacial score (nSPS) is 10.7. The number of H-pyrrole nitrogens is 1. The molecule has 3 N–H and O–H groups in total. The number of carbonyl (C=O) groups is 1. The molecule has 0 unspecified atom stereocenters. The van der Waals surface area contributed by atoms with E-state index in [-0.39, 0.29) is 5.97 Å². The van der Waals surface area contributed by atoms with Gasteiger partial charge in [0.25, 0.3) is 0 Å². The van der Waals surface area contributed by atoms with Crippen LogP contribution >= 0.6 is 0 Å². The lowest BCUT2D eigenvalue weighted by Crippen LogP contribution is -2.08. The third-order valence-corrected chi connectivity index (χ3v) is 4.83. The van der Waals surface area contributed by atoms with Gasteiger partial charge in [0.1, 0.15) is 5.52 Å². The third kappa shape index (κ3) is 6.60. The number of fused-ring (bicyclic) bond motifs is 3. The number of aromatic nitrogens is 3. The molecule has 2 heterocycles. The first-order valence-corrected chi connectivity index (χ1v) is 10.9. The summed E-state index contributed by atoms with van der Waals surface area (Å²) >= 11 is 0. The second-order valence-electron chi connectivity index (χ2n) is 7.32. The van der Waals surface area contributed by atoms with Crippen molar-refractivity contribution in [3.63, 3.8) is 0 Å². The Morgan fingerprint density at radius 1 is 1.03 bits per heavy atom. The number of pyridine rings is 1. The molecule has 0 saturated heterocycles. The van der Waals surface area contributed by atoms with Crippen LogP contribution in [0.5, 0.6) is 0 Å². The fourth-order valence-corrected chi connectivity index (χ4v) is 3.10. The Morgan fingerprint density at radius 3 is 2.62 bits per heavy atom. The minimum atomic E-state index is -0.355. The predicted octanol–water partition coefficient (Wildman–Crippen LogP) is 4.62. The predicted molar refractivity (Wildman–Crippen MR) is 126 cm³/mol. The van der Waals surface area contributed by atoms with Crippen LogP contribution in [0.3, 0.4) is 0 Å². The molecule has 0 aliphatic carbocycles. The molecule has 0 fully saturated rings. The van der Waals surface area contributed by atoms with Crippen LogP contribution in [0.2, 0.25) is 0 Å². The second-order valence-corrected chi connectivity index (χ2v) is 7.32. The lowest BCUT2D eigenvalue weighted by atomic mass is 10.1. The molecule has 0 amide bonds. The van der Waals surface area contributed by atoms with E-state index in [9.17, 15) is 4.79 Å². The Morgan fingerprint density at radius 2 is 1.88 bits per heavy atom. The first-order valence-electron chi connectivity index (χ1n) is 10.9. The number of carbonyl (C=O) groups excluding carboxylic acids is 1. The Bertz CT molecular complexity index is 1110. The summed E-state index contributed by atoms with van der Waals surface area (Å²) in [6.07, 6.45) is 6.36. The molecule has 7 nitrogen and oxygen atoms in total. The van der Waals surface area contributed by atoms with Crippen molar-refractivity contribution >= 4 is 27.9 Å². The fraction of sp³-hybridized carbons (Fsp3) is 0.320. The van der Waals surface area contributed by atoms with Gasteiger partial charge in [-0.2, -0.15) is 0 Å². The lowest BCUT2D eigenvalue weighted by Gasteiger charge is -2.07. The molecule has 168 valence electrons. The summed E-state index contributed by atoms with van der Waals surface area (Å²) in [6.45, 7) is 4.40. The number of unbranched alkanes of at least 4 members (excludes halogenated alkanes) is 1. The number of imidazole rings is 1. The number of rotatable bonds is 9. The summed E-state index contributed by atoms with van der Waals surface area (Å²) in [5.74, 6) is -0.355. The Hall–Kier alpha value is -3.29. The quantitative estimate of drug-likeness (QED) is 0.294. The van der Waals surface area contributed by atoms with Gasteiger partial charge in [0.2, 0.25) is 0 Å². The maximum atomic E-state index is 12.2. The number of nitrogens with two attached hydrogens (primary N) is 1. The van der Waals surface area contributed by atoms with E-state index in [0.29, 0.717) is 31.8 Å². The molecular formula is C25H30N4O3. The summed E-state index contributed by atoms with van der Waals surface area (Å²) in [7, 11) is 0. The van der Waals surface area contributed by atoms with Crippen molar-refractivity contribution in [1.82, 2.24) is 15.0 Å².